The van der Waals surface area contributed by atoms with Gasteiger partial charge in [-0.25, -0.2) is 9.97 Å². The van der Waals surface area contributed by atoms with Crippen molar-refractivity contribution in [2.24, 2.45) is 5.92 Å². The molecule has 1 saturated heterocycles. The lowest BCUT2D eigenvalue weighted by Gasteiger charge is -2.37. The Labute approximate surface area is 283 Å². The number of ketones is 1. The molecule has 0 saturated carbocycles. The Bertz CT molecular complexity index is 1860. The van der Waals surface area contributed by atoms with Crippen molar-refractivity contribution in [3.8, 4) is 34.3 Å². The van der Waals surface area contributed by atoms with Gasteiger partial charge in [-0.2, -0.15) is 5.26 Å². The third-order valence-corrected chi connectivity index (χ3v) is 9.60. The highest BCUT2D eigenvalue weighted by atomic mass is 35.5. The molecule has 2 aromatic heterocycles. The number of aromatic nitrogens is 3. The number of hydrogen-bond acceptors (Lipinski definition) is 10. The van der Waals surface area contributed by atoms with Gasteiger partial charge < -0.3 is 14.9 Å². The maximum absolute atomic E-state index is 13.5. The highest BCUT2D eigenvalue weighted by molar-refractivity contribution is 6.38. The first kappa shape index (κ1) is 33.0. The molecule has 2 aliphatic heterocycles. The number of rotatable bonds is 11. The van der Waals surface area contributed by atoms with E-state index in [0.29, 0.717) is 92.8 Å². The molecule has 0 radical (unpaired) electrons. The topological polar surface area (TPSA) is 136 Å². The summed E-state index contributed by atoms with van der Waals surface area (Å²) in [5.41, 5.74) is 6.06. The maximum Gasteiger partial charge on any atom is 0.237 e. The third-order valence-electron chi connectivity index (χ3n) is 8.75. The van der Waals surface area contributed by atoms with Gasteiger partial charge in [-0.1, -0.05) is 59.6 Å². The summed E-state index contributed by atoms with van der Waals surface area (Å²) < 4.78 is 5.57. The number of aliphatic hydroxyl groups is 2. The first-order valence-corrected chi connectivity index (χ1v) is 16.2. The number of carbonyl (C=O) groups excluding carboxylic acids is 1. The molecule has 0 amide bonds. The van der Waals surface area contributed by atoms with Gasteiger partial charge in [0.2, 0.25) is 5.88 Å². The SMILES string of the molecule is COc1nc(-c2cccc(-c3cccc(CC(=O)c4cc(C#N)c5c(n4)CN(CCO)CC5)c3Cl)c2Cl)cnc1CN1CC(CO)C1. The summed E-state index contributed by atoms with van der Waals surface area (Å²) in [5.74, 6) is 0.445. The molecule has 0 spiro atoms. The zero-order valence-corrected chi connectivity index (χ0v) is 27.4. The summed E-state index contributed by atoms with van der Waals surface area (Å²) in [6, 6.07) is 14.8. The molecule has 242 valence electrons. The molecule has 0 aliphatic carbocycles. The van der Waals surface area contributed by atoms with E-state index >= 15 is 0 Å². The molecular weight excluding hydrogens is 639 g/mol. The number of nitrogens with zero attached hydrogens (tertiary/aromatic N) is 6. The number of halogens is 2. The molecule has 0 bridgehead atoms. The summed E-state index contributed by atoms with van der Waals surface area (Å²) in [7, 11) is 1.56. The minimum absolute atomic E-state index is 0.0127. The molecule has 12 heteroatoms. The second kappa shape index (κ2) is 14.4. The van der Waals surface area contributed by atoms with Crippen molar-refractivity contribution in [1.29, 1.82) is 5.26 Å². The van der Waals surface area contributed by atoms with E-state index in [1.807, 2.05) is 30.3 Å². The molecule has 2 aliphatic rings. The predicted molar refractivity (Wildman–Crippen MR) is 178 cm³/mol. The fourth-order valence-electron chi connectivity index (χ4n) is 6.23. The van der Waals surface area contributed by atoms with Crippen LogP contribution in [-0.2, 0) is 25.9 Å². The summed E-state index contributed by atoms with van der Waals surface area (Å²) in [4.78, 5) is 31.8. The number of Topliss-reactive ketones (excluding diaryl/α,β-unsaturated/α-hetero) is 1. The molecule has 47 heavy (non-hydrogen) atoms. The average molecular weight is 674 g/mol. The Morgan fingerprint density at radius 3 is 2.53 bits per heavy atom. The Morgan fingerprint density at radius 2 is 1.81 bits per heavy atom. The zero-order chi connectivity index (χ0) is 33.1. The first-order valence-electron chi connectivity index (χ1n) is 15.4. The van der Waals surface area contributed by atoms with Crippen molar-refractivity contribution in [2.45, 2.75) is 25.9 Å². The van der Waals surface area contributed by atoms with Gasteiger partial charge in [0.25, 0.3) is 0 Å². The Kier molecular flexibility index (Phi) is 10.1. The number of carbonyl (C=O) groups is 1. The fraction of sp³-hybridized carbons (Fsp3) is 0.343. The summed E-state index contributed by atoms with van der Waals surface area (Å²) in [6.45, 7) is 4.08. The third kappa shape index (κ3) is 6.87. The van der Waals surface area contributed by atoms with Crippen LogP contribution in [0.25, 0.3) is 22.4 Å². The maximum atomic E-state index is 13.5. The van der Waals surface area contributed by atoms with Crippen molar-refractivity contribution in [1.82, 2.24) is 24.8 Å². The molecule has 6 rings (SSSR count). The van der Waals surface area contributed by atoms with E-state index in [0.717, 1.165) is 25.2 Å². The van der Waals surface area contributed by atoms with Gasteiger partial charge in [-0.3, -0.25) is 19.6 Å². The Hall–Kier alpha value is -3.95. The standard InChI is InChI=1S/C35H34Cl2N6O4/c1-47-35-31(19-43-16-21(17-43)20-45)39-15-29(41-35)27-7-3-6-26(34(27)37)25-5-2-4-22(33(25)36)13-32(46)28-12-23(14-38)24-8-9-42(10-11-44)18-30(24)40-28/h2-7,12,15,21,44-45H,8-11,13,16-20H2,1H3. The van der Waals surface area contributed by atoms with E-state index in [1.54, 1.807) is 25.4 Å². The van der Waals surface area contributed by atoms with E-state index in [1.165, 1.54) is 0 Å². The number of methoxy groups -OCH3 is 1. The fourth-order valence-corrected chi connectivity index (χ4v) is 6.85. The molecule has 2 aromatic carbocycles. The van der Waals surface area contributed by atoms with Crippen LogP contribution in [-0.4, -0.2) is 87.3 Å². The molecule has 2 N–H and O–H groups in total. The number of aliphatic hydroxyl groups excluding tert-OH is 2. The van der Waals surface area contributed by atoms with Crippen molar-refractivity contribution in [2.75, 3.05) is 46.5 Å². The quantitative estimate of drug-likeness (QED) is 0.218. The molecule has 1 fully saturated rings. The van der Waals surface area contributed by atoms with Crippen molar-refractivity contribution in [3.05, 3.63) is 92.5 Å². The lowest BCUT2D eigenvalue weighted by Crippen LogP contribution is -2.47. The number of pyridine rings is 1. The lowest BCUT2D eigenvalue weighted by molar-refractivity contribution is 0.0462. The highest BCUT2D eigenvalue weighted by Crippen LogP contribution is 2.40. The van der Waals surface area contributed by atoms with Gasteiger partial charge in [-0.15, -0.1) is 0 Å². The molecule has 4 aromatic rings. The van der Waals surface area contributed by atoms with Gasteiger partial charge in [0.05, 0.1) is 53.0 Å². The number of fused-ring (bicyclic) bond motifs is 1. The Morgan fingerprint density at radius 1 is 1.06 bits per heavy atom. The van der Waals surface area contributed by atoms with E-state index in [9.17, 15) is 20.3 Å². The van der Waals surface area contributed by atoms with Gasteiger partial charge in [0.1, 0.15) is 11.4 Å². The van der Waals surface area contributed by atoms with Crippen molar-refractivity contribution >= 4 is 29.0 Å². The normalized spacial score (nSPS) is 15.1. The van der Waals surface area contributed by atoms with Gasteiger partial charge >= 0.3 is 0 Å². The van der Waals surface area contributed by atoms with Crippen LogP contribution in [0.15, 0.2) is 48.7 Å². The first-order chi connectivity index (χ1) is 22.8. The average Bonchev–Trinajstić information content (AvgIpc) is 3.07. The van der Waals surface area contributed by atoms with Crippen LogP contribution >= 0.6 is 23.2 Å². The van der Waals surface area contributed by atoms with Crippen LogP contribution in [0.3, 0.4) is 0 Å². The zero-order valence-electron chi connectivity index (χ0n) is 25.9. The van der Waals surface area contributed by atoms with Gasteiger partial charge in [0.15, 0.2) is 5.78 Å². The molecule has 0 unspecified atom stereocenters. The van der Waals surface area contributed by atoms with E-state index < -0.39 is 0 Å². The van der Waals surface area contributed by atoms with E-state index in [4.69, 9.17) is 32.9 Å². The second-order valence-electron chi connectivity index (χ2n) is 11.8. The minimum Gasteiger partial charge on any atom is -0.480 e. The predicted octanol–water partition coefficient (Wildman–Crippen LogP) is 4.59. The van der Waals surface area contributed by atoms with Crippen molar-refractivity contribution in [3.63, 3.8) is 0 Å². The molecule has 10 nitrogen and oxygen atoms in total. The molecule has 4 heterocycles. The smallest absolute Gasteiger partial charge is 0.237 e. The summed E-state index contributed by atoms with van der Waals surface area (Å²) in [6.07, 6.45) is 2.30. The van der Waals surface area contributed by atoms with Crippen molar-refractivity contribution < 1.29 is 19.7 Å². The van der Waals surface area contributed by atoms with Crippen LogP contribution in [0.2, 0.25) is 10.0 Å². The minimum atomic E-state index is -0.255. The van der Waals surface area contributed by atoms with Crippen LogP contribution in [0, 0.1) is 17.2 Å². The highest BCUT2D eigenvalue weighted by Gasteiger charge is 2.28. The number of benzene rings is 2. The lowest BCUT2D eigenvalue weighted by atomic mass is 9.95. The van der Waals surface area contributed by atoms with Crippen LogP contribution < -0.4 is 4.74 Å². The number of nitriles is 1. The summed E-state index contributed by atoms with van der Waals surface area (Å²) in [5, 5.41) is 29.3. The molecule has 0 atom stereocenters. The van der Waals surface area contributed by atoms with Gasteiger partial charge in [0, 0.05) is 74.9 Å². The van der Waals surface area contributed by atoms with Crippen LogP contribution in [0.5, 0.6) is 5.88 Å². The van der Waals surface area contributed by atoms with E-state index in [2.05, 4.69) is 25.8 Å². The number of ether oxygens (including phenoxy) is 1. The van der Waals surface area contributed by atoms with Crippen LogP contribution in [0.1, 0.15) is 38.6 Å². The number of hydrogen-bond donors (Lipinski definition) is 2. The van der Waals surface area contributed by atoms with Gasteiger partial charge in [-0.05, 0) is 23.6 Å². The van der Waals surface area contributed by atoms with Crippen LogP contribution in [0.4, 0.5) is 0 Å². The second-order valence-corrected chi connectivity index (χ2v) is 12.6. The molecular formula is C35H34Cl2N6O4. The number of β-amino-alcohol motifs (C(OH)–C–C–N with tert-alkyl or cyclic N) is 1. The van der Waals surface area contributed by atoms with E-state index in [-0.39, 0.29) is 31.1 Å². The summed E-state index contributed by atoms with van der Waals surface area (Å²) >= 11 is 13.9. The number of likely N-dealkylation sites (tertiary alicyclic amines) is 1. The Balaban J connectivity index is 1.25. The largest absolute Gasteiger partial charge is 0.480 e. The monoisotopic (exact) mass is 672 g/mol.